The summed E-state index contributed by atoms with van der Waals surface area (Å²) in [5.41, 5.74) is 0.617. The van der Waals surface area contributed by atoms with Gasteiger partial charge < -0.3 is 9.80 Å². The molecule has 1 N–H and O–H groups in total. The summed E-state index contributed by atoms with van der Waals surface area (Å²) in [5, 5.41) is 8.30. The van der Waals surface area contributed by atoms with Crippen molar-refractivity contribution in [1.29, 1.82) is 0 Å². The maximum absolute atomic E-state index is 13.0. The maximum atomic E-state index is 13.0. The third-order valence-corrected chi connectivity index (χ3v) is 6.60. The van der Waals surface area contributed by atoms with Crippen LogP contribution in [-0.4, -0.2) is 52.2 Å². The second kappa shape index (κ2) is 8.31. The number of rotatable bonds is 4. The first-order chi connectivity index (χ1) is 15.2. The lowest BCUT2D eigenvalue weighted by atomic mass is 10.1. The van der Waals surface area contributed by atoms with Gasteiger partial charge in [0.1, 0.15) is 5.82 Å². The largest absolute Gasteiger partial charge is 0.353 e. The van der Waals surface area contributed by atoms with Gasteiger partial charge in [-0.2, -0.15) is 5.10 Å². The number of carbonyl (C=O) groups excluding carboxylic acids is 1. The number of pyridine rings is 1. The summed E-state index contributed by atoms with van der Waals surface area (Å²) in [4.78, 5) is 35.3. The Kier molecular flexibility index (Phi) is 5.21. The molecule has 1 aliphatic rings. The molecule has 0 saturated carbocycles. The number of aromatic amines is 1. The van der Waals surface area contributed by atoms with Crippen molar-refractivity contribution in [1.82, 2.24) is 20.1 Å². The molecule has 1 fully saturated rings. The number of H-pyrrole nitrogens is 1. The fourth-order valence-corrected chi connectivity index (χ4v) is 4.87. The molecule has 3 aromatic heterocycles. The molecule has 4 aromatic rings. The number of fused-ring (bicyclic) bond motifs is 1. The highest BCUT2D eigenvalue weighted by molar-refractivity contribution is 7.14. The van der Waals surface area contributed by atoms with Gasteiger partial charge >= 0.3 is 0 Å². The highest BCUT2D eigenvalue weighted by Crippen LogP contribution is 2.24. The Morgan fingerprint density at radius 3 is 2.52 bits per heavy atom. The summed E-state index contributed by atoms with van der Waals surface area (Å²) in [6, 6.07) is 17.2. The lowest BCUT2D eigenvalue weighted by Gasteiger charge is -2.35. The molecule has 156 valence electrons. The summed E-state index contributed by atoms with van der Waals surface area (Å²) in [6.07, 6.45) is 2.36. The van der Waals surface area contributed by atoms with E-state index in [1.54, 1.807) is 12.3 Å². The number of thiophene rings is 1. The molecule has 31 heavy (non-hydrogen) atoms. The van der Waals surface area contributed by atoms with Crippen LogP contribution in [0.5, 0.6) is 0 Å². The smallest absolute Gasteiger partial charge is 0.272 e. The molecule has 0 aliphatic carbocycles. The number of nitrogens with zero attached hydrogens (tertiary/aromatic N) is 4. The second-order valence-electron chi connectivity index (χ2n) is 7.45. The predicted octanol–water partition coefficient (Wildman–Crippen LogP) is 2.93. The summed E-state index contributed by atoms with van der Waals surface area (Å²) < 4.78 is 0. The number of piperazine rings is 1. The molecule has 7 nitrogen and oxygen atoms in total. The summed E-state index contributed by atoms with van der Waals surface area (Å²) in [6.45, 7) is 2.89. The Labute approximate surface area is 183 Å². The molecule has 4 heterocycles. The van der Waals surface area contributed by atoms with Crippen molar-refractivity contribution in [2.24, 2.45) is 0 Å². The summed E-state index contributed by atoms with van der Waals surface area (Å²) in [7, 11) is 0. The average Bonchev–Trinajstić information content (AvgIpc) is 3.30. The van der Waals surface area contributed by atoms with E-state index in [0.717, 1.165) is 39.7 Å². The molecule has 1 aromatic carbocycles. The fourth-order valence-electron chi connectivity index (χ4n) is 3.89. The number of hydrogen-bond donors (Lipinski definition) is 1. The van der Waals surface area contributed by atoms with Crippen molar-refractivity contribution in [2.75, 3.05) is 31.1 Å². The van der Waals surface area contributed by atoms with Gasteiger partial charge in [0, 0.05) is 49.1 Å². The SMILES string of the molecule is O=C(c1ccc(Cc2n[nH]c(=O)c3ccccc23)s1)N1CCN(c2ccccn2)CC1. The topological polar surface area (TPSA) is 82.2 Å². The zero-order valence-corrected chi connectivity index (χ0v) is 17.6. The number of benzene rings is 1. The van der Waals surface area contributed by atoms with Crippen molar-refractivity contribution in [3.05, 3.63) is 86.6 Å². The van der Waals surface area contributed by atoms with E-state index in [1.807, 2.05) is 53.4 Å². The average molecular weight is 432 g/mol. The third kappa shape index (κ3) is 3.94. The highest BCUT2D eigenvalue weighted by atomic mass is 32.1. The van der Waals surface area contributed by atoms with E-state index >= 15 is 0 Å². The van der Waals surface area contributed by atoms with Crippen molar-refractivity contribution in [3.63, 3.8) is 0 Å². The Morgan fingerprint density at radius 1 is 0.968 bits per heavy atom. The molecule has 8 heteroatoms. The Hall–Kier alpha value is -3.52. The van der Waals surface area contributed by atoms with Crippen LogP contribution >= 0.6 is 11.3 Å². The van der Waals surface area contributed by atoms with Gasteiger partial charge in [0.15, 0.2) is 0 Å². The first-order valence-electron chi connectivity index (χ1n) is 10.2. The van der Waals surface area contributed by atoms with Gasteiger partial charge in [-0.15, -0.1) is 11.3 Å². The van der Waals surface area contributed by atoms with E-state index in [-0.39, 0.29) is 11.5 Å². The zero-order chi connectivity index (χ0) is 21.2. The molecule has 0 atom stereocenters. The van der Waals surface area contributed by atoms with Gasteiger partial charge in [0.25, 0.3) is 11.5 Å². The molecule has 1 saturated heterocycles. The summed E-state index contributed by atoms with van der Waals surface area (Å²) in [5.74, 6) is 1.02. The van der Waals surface area contributed by atoms with Crippen molar-refractivity contribution < 1.29 is 4.79 Å². The first-order valence-corrected chi connectivity index (χ1v) is 11.0. The quantitative estimate of drug-likeness (QED) is 0.537. The first kappa shape index (κ1) is 19.4. The lowest BCUT2D eigenvalue weighted by Crippen LogP contribution is -2.48. The number of nitrogens with one attached hydrogen (secondary N) is 1. The number of anilines is 1. The van der Waals surface area contributed by atoms with Crippen LogP contribution in [0.3, 0.4) is 0 Å². The minimum Gasteiger partial charge on any atom is -0.353 e. The van der Waals surface area contributed by atoms with Crippen LogP contribution in [0.1, 0.15) is 20.2 Å². The Bertz CT molecular complexity index is 1280. The van der Waals surface area contributed by atoms with Gasteiger partial charge in [0.2, 0.25) is 0 Å². The van der Waals surface area contributed by atoms with Gasteiger partial charge in [-0.25, -0.2) is 10.1 Å². The lowest BCUT2D eigenvalue weighted by molar-refractivity contribution is 0.0751. The second-order valence-corrected chi connectivity index (χ2v) is 8.62. The van der Waals surface area contributed by atoms with E-state index in [9.17, 15) is 9.59 Å². The normalized spacial score (nSPS) is 14.2. The van der Waals surface area contributed by atoms with Crippen LogP contribution in [0.4, 0.5) is 5.82 Å². The Balaban J connectivity index is 1.28. The minimum absolute atomic E-state index is 0.0659. The van der Waals surface area contributed by atoms with Crippen molar-refractivity contribution in [2.45, 2.75) is 6.42 Å². The molecular weight excluding hydrogens is 410 g/mol. The molecule has 0 unspecified atom stereocenters. The number of carbonyl (C=O) groups is 1. The highest BCUT2D eigenvalue weighted by Gasteiger charge is 2.24. The molecular formula is C23H21N5O2S. The van der Waals surface area contributed by atoms with E-state index < -0.39 is 0 Å². The van der Waals surface area contributed by atoms with Crippen LogP contribution in [0.2, 0.25) is 0 Å². The van der Waals surface area contributed by atoms with E-state index in [2.05, 4.69) is 20.1 Å². The molecule has 0 bridgehead atoms. The standard InChI is InChI=1S/C23H21N5O2S/c29-22-18-6-2-1-5-17(18)19(25-26-22)15-16-8-9-20(31-16)23(30)28-13-11-27(12-14-28)21-7-3-4-10-24-21/h1-10H,11-15H2,(H,26,29). The van der Waals surface area contributed by atoms with Crippen LogP contribution in [-0.2, 0) is 6.42 Å². The van der Waals surface area contributed by atoms with Crippen LogP contribution in [0.25, 0.3) is 10.8 Å². The minimum atomic E-state index is -0.189. The molecule has 5 rings (SSSR count). The predicted molar refractivity (Wildman–Crippen MR) is 122 cm³/mol. The number of hydrogen-bond acceptors (Lipinski definition) is 6. The zero-order valence-electron chi connectivity index (χ0n) is 16.8. The molecule has 0 spiro atoms. The number of amides is 1. The molecule has 0 radical (unpaired) electrons. The Morgan fingerprint density at radius 2 is 1.74 bits per heavy atom. The van der Waals surface area contributed by atoms with Crippen molar-refractivity contribution >= 4 is 33.8 Å². The van der Waals surface area contributed by atoms with Crippen molar-refractivity contribution in [3.8, 4) is 0 Å². The molecule has 1 aliphatic heterocycles. The van der Waals surface area contributed by atoms with Gasteiger partial charge in [0.05, 0.1) is 16.0 Å². The fraction of sp³-hybridized carbons (Fsp3) is 0.217. The summed E-state index contributed by atoms with van der Waals surface area (Å²) >= 11 is 1.49. The van der Waals surface area contributed by atoms with Gasteiger partial charge in [-0.3, -0.25) is 9.59 Å². The van der Waals surface area contributed by atoms with E-state index in [4.69, 9.17) is 0 Å². The van der Waals surface area contributed by atoms with Gasteiger partial charge in [-0.05, 0) is 30.3 Å². The third-order valence-electron chi connectivity index (χ3n) is 5.53. The van der Waals surface area contributed by atoms with E-state index in [1.165, 1.54) is 11.3 Å². The van der Waals surface area contributed by atoms with Gasteiger partial charge in [-0.1, -0.05) is 24.3 Å². The van der Waals surface area contributed by atoms with Crippen LogP contribution < -0.4 is 10.5 Å². The molecule has 1 amide bonds. The monoisotopic (exact) mass is 431 g/mol. The maximum Gasteiger partial charge on any atom is 0.272 e. The van der Waals surface area contributed by atoms with E-state index in [0.29, 0.717) is 24.9 Å². The number of aromatic nitrogens is 3. The van der Waals surface area contributed by atoms with Crippen LogP contribution in [0, 0.1) is 0 Å². The van der Waals surface area contributed by atoms with Crippen LogP contribution in [0.15, 0.2) is 65.6 Å².